The van der Waals surface area contributed by atoms with Crippen LogP contribution in [0.2, 0.25) is 0 Å². The second kappa shape index (κ2) is 5.40. The van der Waals surface area contributed by atoms with Crippen molar-refractivity contribution in [2.24, 2.45) is 11.8 Å². The topological polar surface area (TPSA) is 50.1 Å². The van der Waals surface area contributed by atoms with Crippen molar-refractivity contribution < 1.29 is 0 Å². The summed E-state index contributed by atoms with van der Waals surface area (Å²) in [6, 6.07) is 0.522. The largest absolute Gasteiger partial charge is 0.359 e. The fourth-order valence-electron chi connectivity index (χ4n) is 1.86. The fraction of sp³-hybridized carbons (Fsp3) is 0.889. The van der Waals surface area contributed by atoms with Crippen molar-refractivity contribution in [3.8, 4) is 0 Å². The molecule has 1 rings (SSSR count). The summed E-state index contributed by atoms with van der Waals surface area (Å²) in [5.74, 6) is 6.07. The van der Waals surface area contributed by atoms with E-state index in [1.54, 1.807) is 0 Å². The predicted molar refractivity (Wildman–Crippen MR) is 59.1 cm³/mol. The van der Waals surface area contributed by atoms with Gasteiger partial charge in [-0.15, -0.1) is 0 Å². The Morgan fingerprint density at radius 3 is 2.77 bits per heavy atom. The van der Waals surface area contributed by atoms with Gasteiger partial charge in [-0.3, -0.25) is 0 Å². The summed E-state index contributed by atoms with van der Waals surface area (Å²) in [7, 11) is 0. The Hall–Kier alpha value is -0.350. The lowest BCUT2D eigenvalue weighted by Gasteiger charge is -2.17. The van der Waals surface area contributed by atoms with E-state index >= 15 is 0 Å². The van der Waals surface area contributed by atoms with Crippen LogP contribution in [0.4, 0.5) is 0 Å². The van der Waals surface area contributed by atoms with Crippen LogP contribution in [0.5, 0.6) is 0 Å². The van der Waals surface area contributed by atoms with E-state index < -0.39 is 0 Å². The van der Waals surface area contributed by atoms with Gasteiger partial charge < -0.3 is 10.7 Å². The molecule has 0 aromatic heterocycles. The molecule has 0 amide bonds. The molecule has 0 saturated heterocycles. The number of thiocarbonyl (C=S) groups is 1. The van der Waals surface area contributed by atoms with Gasteiger partial charge >= 0.3 is 0 Å². The van der Waals surface area contributed by atoms with E-state index in [2.05, 4.69) is 17.7 Å². The molecule has 13 heavy (non-hydrogen) atoms. The van der Waals surface area contributed by atoms with Gasteiger partial charge in [-0.05, 0) is 37.4 Å². The third kappa shape index (κ3) is 3.91. The van der Waals surface area contributed by atoms with E-state index in [0.717, 1.165) is 5.92 Å². The van der Waals surface area contributed by atoms with Crippen LogP contribution < -0.4 is 16.6 Å². The highest BCUT2D eigenvalue weighted by atomic mass is 32.1. The lowest BCUT2D eigenvalue weighted by molar-refractivity contribution is 0.489. The molecule has 1 aliphatic carbocycles. The molecule has 4 N–H and O–H groups in total. The summed E-state index contributed by atoms with van der Waals surface area (Å²) in [5.41, 5.74) is 2.46. The van der Waals surface area contributed by atoms with Gasteiger partial charge in [0.25, 0.3) is 0 Å². The summed E-state index contributed by atoms with van der Waals surface area (Å²) in [5, 5.41) is 3.79. The normalized spacial score (nSPS) is 29.1. The Balaban J connectivity index is 2.29. The standard InChI is InChI=1S/C9H19N3S/c1-7-3-2-4-8(6-5-7)11-9(13)12-10/h7-8H,2-6,10H2,1H3,(H2,11,12,13). The molecule has 4 heteroatoms. The van der Waals surface area contributed by atoms with E-state index in [1.807, 2.05) is 0 Å². The number of nitrogens with two attached hydrogens (primary N) is 1. The quantitative estimate of drug-likeness (QED) is 0.259. The molecule has 1 fully saturated rings. The third-order valence-corrected chi connectivity index (χ3v) is 2.96. The molecule has 1 saturated carbocycles. The SMILES string of the molecule is CC1CCCC(NC(=S)NN)CC1. The van der Waals surface area contributed by atoms with Crippen molar-refractivity contribution in [3.05, 3.63) is 0 Å². The third-order valence-electron chi connectivity index (χ3n) is 2.72. The fourth-order valence-corrected chi connectivity index (χ4v) is 2.03. The second-order valence-electron chi connectivity index (χ2n) is 3.93. The molecule has 76 valence electrons. The first-order valence-electron chi connectivity index (χ1n) is 4.99. The van der Waals surface area contributed by atoms with Crippen LogP contribution >= 0.6 is 12.2 Å². The summed E-state index contributed by atoms with van der Waals surface area (Å²) in [6.07, 6.45) is 6.37. The van der Waals surface area contributed by atoms with E-state index in [4.69, 9.17) is 18.1 Å². The number of hydrogen-bond donors (Lipinski definition) is 3. The Bertz CT molecular complexity index is 172. The van der Waals surface area contributed by atoms with E-state index in [9.17, 15) is 0 Å². The number of rotatable bonds is 1. The molecule has 1 aliphatic rings. The van der Waals surface area contributed by atoms with Gasteiger partial charge in [0.2, 0.25) is 0 Å². The zero-order valence-corrected chi connectivity index (χ0v) is 8.99. The zero-order valence-electron chi connectivity index (χ0n) is 8.18. The van der Waals surface area contributed by atoms with Crippen molar-refractivity contribution in [2.75, 3.05) is 0 Å². The highest BCUT2D eigenvalue weighted by molar-refractivity contribution is 7.80. The number of hydrazine groups is 1. The monoisotopic (exact) mass is 201 g/mol. The van der Waals surface area contributed by atoms with E-state index in [-0.39, 0.29) is 0 Å². The van der Waals surface area contributed by atoms with Crippen molar-refractivity contribution in [1.29, 1.82) is 0 Å². The molecule has 0 bridgehead atoms. The van der Waals surface area contributed by atoms with Crippen LogP contribution in [0, 0.1) is 5.92 Å². The lowest BCUT2D eigenvalue weighted by atomic mass is 10.0. The molecule has 0 aromatic carbocycles. The highest BCUT2D eigenvalue weighted by Crippen LogP contribution is 2.22. The molecule has 0 spiro atoms. The molecule has 0 aromatic rings. The van der Waals surface area contributed by atoms with Crippen LogP contribution in [0.15, 0.2) is 0 Å². The molecular weight excluding hydrogens is 182 g/mol. The van der Waals surface area contributed by atoms with Crippen molar-refractivity contribution in [3.63, 3.8) is 0 Å². The maximum atomic E-state index is 5.20. The molecule has 0 heterocycles. The van der Waals surface area contributed by atoms with Crippen LogP contribution in [0.25, 0.3) is 0 Å². The Labute approximate surface area is 85.4 Å². The first-order valence-corrected chi connectivity index (χ1v) is 5.40. The molecular formula is C9H19N3S. The molecule has 2 unspecified atom stereocenters. The van der Waals surface area contributed by atoms with Gasteiger partial charge in [0.1, 0.15) is 0 Å². The smallest absolute Gasteiger partial charge is 0.180 e. The number of hydrogen-bond acceptors (Lipinski definition) is 2. The van der Waals surface area contributed by atoms with Crippen molar-refractivity contribution >= 4 is 17.3 Å². The van der Waals surface area contributed by atoms with E-state index in [1.165, 1.54) is 32.1 Å². The Kier molecular flexibility index (Phi) is 4.45. The van der Waals surface area contributed by atoms with Gasteiger partial charge in [0.15, 0.2) is 5.11 Å². The molecule has 0 aliphatic heterocycles. The Morgan fingerprint density at radius 1 is 1.31 bits per heavy atom. The summed E-state index contributed by atoms with van der Waals surface area (Å²) in [4.78, 5) is 0. The molecule has 3 nitrogen and oxygen atoms in total. The first kappa shape index (κ1) is 10.7. The minimum Gasteiger partial charge on any atom is -0.359 e. The van der Waals surface area contributed by atoms with Crippen LogP contribution in [0.3, 0.4) is 0 Å². The molecule has 0 radical (unpaired) electrons. The predicted octanol–water partition coefficient (Wildman–Crippen LogP) is 1.29. The zero-order chi connectivity index (χ0) is 9.68. The van der Waals surface area contributed by atoms with Crippen LogP contribution in [0.1, 0.15) is 39.0 Å². The summed E-state index contributed by atoms with van der Waals surface area (Å²) in [6.45, 7) is 2.32. The van der Waals surface area contributed by atoms with E-state index in [0.29, 0.717) is 11.2 Å². The summed E-state index contributed by atoms with van der Waals surface area (Å²) < 4.78 is 0. The average Bonchev–Trinajstić information content (AvgIpc) is 2.31. The van der Waals surface area contributed by atoms with Crippen LogP contribution in [-0.4, -0.2) is 11.2 Å². The average molecular weight is 201 g/mol. The number of nitrogens with one attached hydrogen (secondary N) is 2. The minimum atomic E-state index is 0.522. The maximum Gasteiger partial charge on any atom is 0.180 e. The van der Waals surface area contributed by atoms with Crippen molar-refractivity contribution in [2.45, 2.75) is 45.1 Å². The second-order valence-corrected chi connectivity index (χ2v) is 4.34. The molecule has 2 atom stereocenters. The lowest BCUT2D eigenvalue weighted by Crippen LogP contribution is -2.44. The van der Waals surface area contributed by atoms with Crippen LogP contribution in [-0.2, 0) is 0 Å². The van der Waals surface area contributed by atoms with Gasteiger partial charge in [0.05, 0.1) is 0 Å². The van der Waals surface area contributed by atoms with Gasteiger partial charge in [0, 0.05) is 6.04 Å². The van der Waals surface area contributed by atoms with Crippen molar-refractivity contribution in [1.82, 2.24) is 10.7 Å². The van der Waals surface area contributed by atoms with Gasteiger partial charge in [-0.25, -0.2) is 5.84 Å². The van der Waals surface area contributed by atoms with Gasteiger partial charge in [-0.1, -0.05) is 19.8 Å². The first-order chi connectivity index (χ1) is 6.22. The van der Waals surface area contributed by atoms with Gasteiger partial charge in [-0.2, -0.15) is 0 Å². The highest BCUT2D eigenvalue weighted by Gasteiger charge is 2.16. The summed E-state index contributed by atoms with van der Waals surface area (Å²) >= 11 is 4.96. The maximum absolute atomic E-state index is 5.20. The Morgan fingerprint density at radius 2 is 2.08 bits per heavy atom. The minimum absolute atomic E-state index is 0.522.